The summed E-state index contributed by atoms with van der Waals surface area (Å²) in [4.78, 5) is 13.5. The van der Waals surface area contributed by atoms with Crippen LogP contribution in [0.2, 0.25) is 0 Å². The molecule has 3 rings (SSSR count). The van der Waals surface area contributed by atoms with E-state index >= 15 is 0 Å². The maximum atomic E-state index is 12.8. The number of fused-ring (bicyclic) bond motifs is 1. The zero-order valence-electron chi connectivity index (χ0n) is 12.0. The number of rotatable bonds is 3. The minimum absolute atomic E-state index is 0.0504. The van der Waals surface area contributed by atoms with Crippen molar-refractivity contribution in [2.75, 3.05) is 0 Å². The van der Waals surface area contributed by atoms with Crippen LogP contribution in [0.5, 0.6) is 0 Å². The van der Waals surface area contributed by atoms with E-state index in [4.69, 9.17) is 4.42 Å². The molecule has 0 spiro atoms. The molecule has 0 bridgehead atoms. The third kappa shape index (κ3) is 2.74. The van der Waals surface area contributed by atoms with E-state index in [1.54, 1.807) is 11.8 Å². The minimum atomic E-state index is 0.0504. The molecule has 0 unspecified atom stereocenters. The van der Waals surface area contributed by atoms with Gasteiger partial charge >= 0.3 is 0 Å². The Morgan fingerprint density at radius 2 is 1.62 bits per heavy atom. The standard InChI is InChI=1S/C18H16O2S/c1-12(2)21-18-16(19)14-10-6-7-11-15(14)20-17(18)13-8-4-3-5-9-13/h3-12H,1-2H3. The molecule has 0 radical (unpaired) electrons. The lowest BCUT2D eigenvalue weighted by atomic mass is 10.1. The van der Waals surface area contributed by atoms with E-state index in [0.717, 1.165) is 5.56 Å². The molecule has 0 aliphatic heterocycles. The largest absolute Gasteiger partial charge is 0.455 e. The molecule has 0 fully saturated rings. The van der Waals surface area contributed by atoms with Crippen molar-refractivity contribution in [2.45, 2.75) is 24.0 Å². The molecule has 1 heterocycles. The van der Waals surface area contributed by atoms with Gasteiger partial charge in [-0.2, -0.15) is 0 Å². The Morgan fingerprint density at radius 3 is 2.33 bits per heavy atom. The van der Waals surface area contributed by atoms with Gasteiger partial charge in [-0.1, -0.05) is 56.3 Å². The highest BCUT2D eigenvalue weighted by Crippen LogP contribution is 2.33. The minimum Gasteiger partial charge on any atom is -0.455 e. The molecular formula is C18H16O2S. The number of benzene rings is 2. The third-order valence-corrected chi connectivity index (χ3v) is 4.22. The van der Waals surface area contributed by atoms with Gasteiger partial charge in [-0.05, 0) is 12.1 Å². The SMILES string of the molecule is CC(C)Sc1c(-c2ccccc2)oc2ccccc2c1=O. The molecule has 3 aromatic rings. The van der Waals surface area contributed by atoms with Gasteiger partial charge in [0.15, 0.2) is 5.76 Å². The maximum Gasteiger partial charge on any atom is 0.206 e. The number of para-hydroxylation sites is 1. The van der Waals surface area contributed by atoms with E-state index in [9.17, 15) is 4.79 Å². The quantitative estimate of drug-likeness (QED) is 0.640. The molecule has 21 heavy (non-hydrogen) atoms. The molecular weight excluding hydrogens is 280 g/mol. The molecule has 0 amide bonds. The Bertz CT molecular complexity index is 819. The fourth-order valence-electron chi connectivity index (χ4n) is 2.25. The van der Waals surface area contributed by atoms with Gasteiger partial charge in [0, 0.05) is 10.8 Å². The van der Waals surface area contributed by atoms with Crippen LogP contribution in [-0.4, -0.2) is 5.25 Å². The van der Waals surface area contributed by atoms with Crippen molar-refractivity contribution in [3.63, 3.8) is 0 Å². The van der Waals surface area contributed by atoms with Gasteiger partial charge < -0.3 is 4.42 Å². The molecule has 0 N–H and O–H groups in total. The Labute approximate surface area is 127 Å². The summed E-state index contributed by atoms with van der Waals surface area (Å²) in [5.74, 6) is 0.665. The zero-order valence-corrected chi connectivity index (χ0v) is 12.8. The molecule has 0 saturated carbocycles. The van der Waals surface area contributed by atoms with Gasteiger partial charge in [-0.3, -0.25) is 4.79 Å². The van der Waals surface area contributed by atoms with E-state index in [1.165, 1.54) is 0 Å². The van der Waals surface area contributed by atoms with E-state index < -0.39 is 0 Å². The van der Waals surface area contributed by atoms with Crippen molar-refractivity contribution in [2.24, 2.45) is 0 Å². The summed E-state index contributed by atoms with van der Waals surface area (Å²) in [7, 11) is 0. The summed E-state index contributed by atoms with van der Waals surface area (Å²) < 4.78 is 6.04. The summed E-state index contributed by atoms with van der Waals surface area (Å²) in [6.45, 7) is 4.15. The molecule has 1 aromatic heterocycles. The molecule has 0 aliphatic rings. The van der Waals surface area contributed by atoms with Crippen LogP contribution in [-0.2, 0) is 0 Å². The summed E-state index contributed by atoms with van der Waals surface area (Å²) in [5.41, 5.74) is 1.62. The molecule has 0 aliphatic carbocycles. The Balaban J connectivity index is 2.33. The van der Waals surface area contributed by atoms with E-state index in [-0.39, 0.29) is 5.43 Å². The number of thioether (sulfide) groups is 1. The first kappa shape index (κ1) is 14.0. The second-order valence-electron chi connectivity index (χ2n) is 5.12. The average Bonchev–Trinajstić information content (AvgIpc) is 2.50. The van der Waals surface area contributed by atoms with Crippen molar-refractivity contribution in [3.05, 3.63) is 64.8 Å². The lowest BCUT2D eigenvalue weighted by molar-refractivity contribution is 0.605. The van der Waals surface area contributed by atoms with Crippen molar-refractivity contribution >= 4 is 22.7 Å². The summed E-state index contributed by atoms with van der Waals surface area (Å²) in [6, 6.07) is 17.2. The lowest BCUT2D eigenvalue weighted by Gasteiger charge is -2.11. The highest BCUT2D eigenvalue weighted by Gasteiger charge is 2.17. The smallest absolute Gasteiger partial charge is 0.206 e. The van der Waals surface area contributed by atoms with Gasteiger partial charge in [0.2, 0.25) is 5.43 Å². The molecule has 0 saturated heterocycles. The lowest BCUT2D eigenvalue weighted by Crippen LogP contribution is -2.08. The number of hydrogen-bond donors (Lipinski definition) is 0. The van der Waals surface area contributed by atoms with Gasteiger partial charge in [-0.25, -0.2) is 0 Å². The molecule has 3 heteroatoms. The predicted molar refractivity (Wildman–Crippen MR) is 88.9 cm³/mol. The molecule has 106 valence electrons. The fourth-order valence-corrected chi connectivity index (χ4v) is 3.20. The van der Waals surface area contributed by atoms with Crippen molar-refractivity contribution < 1.29 is 4.42 Å². The highest BCUT2D eigenvalue weighted by molar-refractivity contribution is 8.00. The highest BCUT2D eigenvalue weighted by atomic mass is 32.2. The third-order valence-electron chi connectivity index (χ3n) is 3.15. The van der Waals surface area contributed by atoms with Crippen molar-refractivity contribution in [3.8, 4) is 11.3 Å². The van der Waals surface area contributed by atoms with E-state index in [0.29, 0.717) is 26.9 Å². The molecule has 2 aromatic carbocycles. The Kier molecular flexibility index (Phi) is 3.84. The number of hydrogen-bond acceptors (Lipinski definition) is 3. The summed E-state index contributed by atoms with van der Waals surface area (Å²) in [6.07, 6.45) is 0. The monoisotopic (exact) mass is 296 g/mol. The molecule has 0 atom stereocenters. The second-order valence-corrected chi connectivity index (χ2v) is 6.70. The van der Waals surface area contributed by atoms with Gasteiger partial charge in [0.25, 0.3) is 0 Å². The molecule has 2 nitrogen and oxygen atoms in total. The first-order valence-electron chi connectivity index (χ1n) is 6.94. The Hall–Kier alpha value is -2.00. The first-order chi connectivity index (χ1) is 10.2. The summed E-state index contributed by atoms with van der Waals surface area (Å²) in [5, 5.41) is 0.955. The van der Waals surface area contributed by atoms with Crippen LogP contribution in [0, 0.1) is 0 Å². The normalized spacial score (nSPS) is 11.2. The average molecular weight is 296 g/mol. The van der Waals surface area contributed by atoms with Crippen LogP contribution < -0.4 is 5.43 Å². The van der Waals surface area contributed by atoms with Crippen molar-refractivity contribution in [1.82, 2.24) is 0 Å². The van der Waals surface area contributed by atoms with Gasteiger partial charge in [-0.15, -0.1) is 11.8 Å². The van der Waals surface area contributed by atoms with Crippen LogP contribution in [0.3, 0.4) is 0 Å². The van der Waals surface area contributed by atoms with E-state index in [1.807, 2.05) is 54.6 Å². The van der Waals surface area contributed by atoms with Crippen LogP contribution in [0.4, 0.5) is 0 Å². The van der Waals surface area contributed by atoms with Crippen molar-refractivity contribution in [1.29, 1.82) is 0 Å². The van der Waals surface area contributed by atoms with E-state index in [2.05, 4.69) is 13.8 Å². The predicted octanol–water partition coefficient (Wildman–Crippen LogP) is 4.96. The van der Waals surface area contributed by atoms with Crippen LogP contribution >= 0.6 is 11.8 Å². The topological polar surface area (TPSA) is 30.2 Å². The van der Waals surface area contributed by atoms with Crippen LogP contribution in [0.15, 0.2) is 68.7 Å². The van der Waals surface area contributed by atoms with Gasteiger partial charge in [0.1, 0.15) is 5.58 Å². The second kappa shape index (κ2) is 5.78. The Morgan fingerprint density at radius 1 is 0.952 bits per heavy atom. The van der Waals surface area contributed by atoms with Crippen LogP contribution in [0.1, 0.15) is 13.8 Å². The van der Waals surface area contributed by atoms with Gasteiger partial charge in [0.05, 0.1) is 10.3 Å². The maximum absolute atomic E-state index is 12.8. The first-order valence-corrected chi connectivity index (χ1v) is 7.82. The fraction of sp³-hybridized carbons (Fsp3) is 0.167. The zero-order chi connectivity index (χ0) is 14.8. The van der Waals surface area contributed by atoms with Crippen LogP contribution in [0.25, 0.3) is 22.3 Å². The summed E-state index contributed by atoms with van der Waals surface area (Å²) >= 11 is 1.56.